The molecule has 20 heavy (non-hydrogen) atoms. The number of carbonyl (C=O) groups is 1. The first-order valence-corrected chi connectivity index (χ1v) is 6.50. The molecular formula is C14H16N4O2. The van der Waals surface area contributed by atoms with Gasteiger partial charge in [-0.05, 0) is 5.56 Å². The maximum Gasteiger partial charge on any atom is 0.274 e. The van der Waals surface area contributed by atoms with Crippen molar-refractivity contribution in [2.45, 2.75) is 6.10 Å². The Kier molecular flexibility index (Phi) is 3.39. The number of aromatic amines is 1. The first-order chi connectivity index (χ1) is 9.75. The third-order valence-corrected chi connectivity index (χ3v) is 3.41. The number of hydrogen-bond acceptors (Lipinski definition) is 4. The van der Waals surface area contributed by atoms with Gasteiger partial charge in [-0.15, -0.1) is 0 Å². The molecule has 1 aliphatic heterocycles. The first kappa shape index (κ1) is 12.7. The predicted octanol–water partition coefficient (Wildman–Crippen LogP) is 1.21. The standard InChI is InChI=1S/C14H16N4O2/c15-11-8-16-17-13(11)14(19)18-6-7-20-12(9-18)10-4-2-1-3-5-10/h1-5,8,12H,6-7,9,15H2,(H,16,17). The molecule has 104 valence electrons. The van der Waals surface area contributed by atoms with Crippen LogP contribution in [0.2, 0.25) is 0 Å². The molecule has 3 rings (SSSR count). The van der Waals surface area contributed by atoms with Crippen molar-refractivity contribution in [1.29, 1.82) is 0 Å². The topological polar surface area (TPSA) is 84.2 Å². The number of nitrogens with two attached hydrogens (primary N) is 1. The molecule has 1 aromatic heterocycles. The van der Waals surface area contributed by atoms with Gasteiger partial charge in [-0.25, -0.2) is 0 Å². The Bertz CT molecular complexity index is 596. The van der Waals surface area contributed by atoms with Crippen LogP contribution in [0.5, 0.6) is 0 Å². The van der Waals surface area contributed by atoms with E-state index in [9.17, 15) is 4.79 Å². The predicted molar refractivity (Wildman–Crippen MR) is 74.0 cm³/mol. The van der Waals surface area contributed by atoms with Crippen LogP contribution in [0.1, 0.15) is 22.2 Å². The summed E-state index contributed by atoms with van der Waals surface area (Å²) in [6, 6.07) is 9.89. The summed E-state index contributed by atoms with van der Waals surface area (Å²) in [5.74, 6) is -0.135. The normalized spacial score (nSPS) is 19.0. The number of anilines is 1. The number of nitrogen functional groups attached to an aromatic ring is 1. The number of morpholine rings is 1. The van der Waals surface area contributed by atoms with E-state index in [1.54, 1.807) is 4.90 Å². The minimum atomic E-state index is -0.135. The Morgan fingerprint density at radius 3 is 2.90 bits per heavy atom. The van der Waals surface area contributed by atoms with Gasteiger partial charge < -0.3 is 15.4 Å². The zero-order valence-corrected chi connectivity index (χ0v) is 11.0. The summed E-state index contributed by atoms with van der Waals surface area (Å²) in [7, 11) is 0. The maximum absolute atomic E-state index is 12.4. The zero-order chi connectivity index (χ0) is 13.9. The monoisotopic (exact) mass is 272 g/mol. The lowest BCUT2D eigenvalue weighted by molar-refractivity contribution is -0.0229. The number of rotatable bonds is 2. The highest BCUT2D eigenvalue weighted by molar-refractivity contribution is 5.97. The second kappa shape index (κ2) is 5.34. The highest BCUT2D eigenvalue weighted by Crippen LogP contribution is 2.23. The number of amides is 1. The summed E-state index contributed by atoms with van der Waals surface area (Å²) in [4.78, 5) is 14.1. The van der Waals surface area contributed by atoms with Crippen LogP contribution in [0.15, 0.2) is 36.5 Å². The number of carbonyl (C=O) groups excluding carboxylic acids is 1. The number of hydrogen-bond donors (Lipinski definition) is 2. The van der Waals surface area contributed by atoms with E-state index < -0.39 is 0 Å². The van der Waals surface area contributed by atoms with E-state index in [0.717, 1.165) is 5.56 Å². The molecule has 3 N–H and O–H groups in total. The van der Waals surface area contributed by atoms with E-state index in [0.29, 0.717) is 31.1 Å². The van der Waals surface area contributed by atoms with Gasteiger partial charge in [-0.1, -0.05) is 30.3 Å². The van der Waals surface area contributed by atoms with Gasteiger partial charge in [-0.3, -0.25) is 9.89 Å². The molecule has 1 fully saturated rings. The van der Waals surface area contributed by atoms with Crippen molar-refractivity contribution in [3.63, 3.8) is 0 Å². The Hall–Kier alpha value is -2.34. The summed E-state index contributed by atoms with van der Waals surface area (Å²) >= 11 is 0. The largest absolute Gasteiger partial charge is 0.396 e. The molecule has 6 heteroatoms. The Labute approximate surface area is 116 Å². The number of benzene rings is 1. The van der Waals surface area contributed by atoms with Gasteiger partial charge in [0.1, 0.15) is 11.8 Å². The molecule has 1 amide bonds. The van der Waals surface area contributed by atoms with Crippen molar-refractivity contribution < 1.29 is 9.53 Å². The lowest BCUT2D eigenvalue weighted by Gasteiger charge is -2.33. The zero-order valence-electron chi connectivity index (χ0n) is 11.0. The van der Waals surface area contributed by atoms with Crippen molar-refractivity contribution in [2.75, 3.05) is 25.4 Å². The van der Waals surface area contributed by atoms with Crippen LogP contribution in [0.25, 0.3) is 0 Å². The van der Waals surface area contributed by atoms with Crippen LogP contribution in [-0.4, -0.2) is 40.7 Å². The van der Waals surface area contributed by atoms with Crippen molar-refractivity contribution in [3.05, 3.63) is 47.8 Å². The average molecular weight is 272 g/mol. The molecule has 6 nitrogen and oxygen atoms in total. The quantitative estimate of drug-likeness (QED) is 0.860. The molecule has 0 radical (unpaired) electrons. The molecule has 0 spiro atoms. The fourth-order valence-corrected chi connectivity index (χ4v) is 2.33. The molecular weight excluding hydrogens is 256 g/mol. The van der Waals surface area contributed by atoms with Gasteiger partial charge in [0.05, 0.1) is 25.0 Å². The SMILES string of the molecule is Nc1cn[nH]c1C(=O)N1CCOC(c2ccccc2)C1. The van der Waals surface area contributed by atoms with Crippen LogP contribution in [0.4, 0.5) is 5.69 Å². The van der Waals surface area contributed by atoms with Gasteiger partial charge in [0.2, 0.25) is 0 Å². The summed E-state index contributed by atoms with van der Waals surface area (Å²) in [5, 5.41) is 6.44. The number of H-pyrrole nitrogens is 1. The maximum atomic E-state index is 12.4. The smallest absolute Gasteiger partial charge is 0.274 e. The average Bonchev–Trinajstić information content (AvgIpc) is 2.94. The van der Waals surface area contributed by atoms with Crippen LogP contribution >= 0.6 is 0 Å². The van der Waals surface area contributed by atoms with E-state index in [2.05, 4.69) is 10.2 Å². The minimum Gasteiger partial charge on any atom is -0.396 e. The molecule has 0 saturated carbocycles. The van der Waals surface area contributed by atoms with Crippen molar-refractivity contribution in [2.24, 2.45) is 0 Å². The highest BCUT2D eigenvalue weighted by atomic mass is 16.5. The fraction of sp³-hybridized carbons (Fsp3) is 0.286. The summed E-state index contributed by atoms with van der Waals surface area (Å²) in [6.07, 6.45) is 1.35. The highest BCUT2D eigenvalue weighted by Gasteiger charge is 2.27. The molecule has 0 aliphatic carbocycles. The molecule has 2 aromatic rings. The van der Waals surface area contributed by atoms with Gasteiger partial charge in [-0.2, -0.15) is 5.10 Å². The third kappa shape index (κ3) is 2.37. The molecule has 2 heterocycles. The van der Waals surface area contributed by atoms with Crippen LogP contribution in [0.3, 0.4) is 0 Å². The molecule has 1 aromatic carbocycles. The summed E-state index contributed by atoms with van der Waals surface area (Å²) in [6.45, 7) is 1.58. The van der Waals surface area contributed by atoms with E-state index >= 15 is 0 Å². The lowest BCUT2D eigenvalue weighted by Crippen LogP contribution is -2.42. The second-order valence-corrected chi connectivity index (χ2v) is 4.72. The van der Waals surface area contributed by atoms with E-state index in [1.807, 2.05) is 30.3 Å². The van der Waals surface area contributed by atoms with Gasteiger partial charge in [0.15, 0.2) is 0 Å². The minimum absolute atomic E-state index is 0.0990. The molecule has 1 unspecified atom stereocenters. The van der Waals surface area contributed by atoms with Crippen molar-refractivity contribution in [3.8, 4) is 0 Å². The van der Waals surface area contributed by atoms with Crippen LogP contribution in [-0.2, 0) is 4.74 Å². The summed E-state index contributed by atoms with van der Waals surface area (Å²) < 4.78 is 5.74. The van der Waals surface area contributed by atoms with E-state index in [4.69, 9.17) is 10.5 Å². The summed E-state index contributed by atoms with van der Waals surface area (Å²) in [5.41, 5.74) is 7.51. The number of nitrogens with zero attached hydrogens (tertiary/aromatic N) is 2. The van der Waals surface area contributed by atoms with Crippen LogP contribution in [0, 0.1) is 0 Å². The van der Waals surface area contributed by atoms with Gasteiger partial charge in [0, 0.05) is 6.54 Å². The third-order valence-electron chi connectivity index (χ3n) is 3.41. The van der Waals surface area contributed by atoms with Crippen molar-refractivity contribution in [1.82, 2.24) is 15.1 Å². The second-order valence-electron chi connectivity index (χ2n) is 4.72. The Morgan fingerprint density at radius 1 is 1.40 bits per heavy atom. The molecule has 0 bridgehead atoms. The fourth-order valence-electron chi connectivity index (χ4n) is 2.33. The Balaban J connectivity index is 1.76. The van der Waals surface area contributed by atoms with E-state index in [-0.39, 0.29) is 12.0 Å². The van der Waals surface area contributed by atoms with Crippen LogP contribution < -0.4 is 5.73 Å². The number of nitrogens with one attached hydrogen (secondary N) is 1. The lowest BCUT2D eigenvalue weighted by atomic mass is 10.1. The number of ether oxygens (including phenoxy) is 1. The molecule has 1 atom stereocenters. The Morgan fingerprint density at radius 2 is 2.20 bits per heavy atom. The van der Waals surface area contributed by atoms with Crippen molar-refractivity contribution >= 4 is 11.6 Å². The van der Waals surface area contributed by atoms with Gasteiger partial charge in [0.25, 0.3) is 5.91 Å². The first-order valence-electron chi connectivity index (χ1n) is 6.50. The van der Waals surface area contributed by atoms with Gasteiger partial charge >= 0.3 is 0 Å². The molecule has 1 saturated heterocycles. The molecule has 1 aliphatic rings. The van der Waals surface area contributed by atoms with E-state index in [1.165, 1.54) is 6.20 Å². The number of aromatic nitrogens is 2.